The van der Waals surface area contributed by atoms with E-state index in [-0.39, 0.29) is 63.6 Å². The van der Waals surface area contributed by atoms with Crippen molar-refractivity contribution >= 4 is 48.4 Å². The zero-order valence-electron chi connectivity index (χ0n) is 29.4. The Labute approximate surface area is 296 Å². The quantitative estimate of drug-likeness (QED) is 0.0485. The third-order valence-electron chi connectivity index (χ3n) is 7.63. The van der Waals surface area contributed by atoms with Gasteiger partial charge in [0.2, 0.25) is 24.6 Å². The van der Waals surface area contributed by atoms with Crippen LogP contribution in [0.1, 0.15) is 64.5 Å². The van der Waals surface area contributed by atoms with Crippen LogP contribution in [0.3, 0.4) is 0 Å². The molecule has 0 aromatic heterocycles. The smallest absolute Gasteiger partial charge is 0.479 e. The number of hydrogen-bond donors (Lipinski definition) is 6. The van der Waals surface area contributed by atoms with Crippen molar-refractivity contribution in [1.82, 2.24) is 15.5 Å². The fourth-order valence-electron chi connectivity index (χ4n) is 4.58. The van der Waals surface area contributed by atoms with Gasteiger partial charge in [0.25, 0.3) is 5.91 Å². The number of carboxylic acid groups (broad SMARTS) is 2. The summed E-state index contributed by atoms with van der Waals surface area (Å²) >= 11 is 0. The topological polar surface area (TPSA) is 247 Å². The molecule has 4 atom stereocenters. The van der Waals surface area contributed by atoms with Crippen LogP contribution in [0.15, 0.2) is 30.4 Å². The van der Waals surface area contributed by atoms with Gasteiger partial charge in [0, 0.05) is 24.6 Å². The second kappa shape index (κ2) is 24.3. The number of aliphatic carboxylic acids is 1. The largest absolute Gasteiger partial charge is 0.506 e. The van der Waals surface area contributed by atoms with E-state index in [4.69, 9.17) is 19.7 Å². The fourth-order valence-corrected chi connectivity index (χ4v) is 4.58. The molecule has 6 N–H and O–H groups in total. The number of nitrogens with one attached hydrogen (secondary N) is 3. The van der Waals surface area contributed by atoms with Crippen molar-refractivity contribution in [2.45, 2.75) is 90.8 Å². The minimum Gasteiger partial charge on any atom is -0.479 e. The lowest BCUT2D eigenvalue weighted by Crippen LogP contribution is -2.40. The predicted molar refractivity (Wildman–Crippen MR) is 182 cm³/mol. The second-order valence-electron chi connectivity index (χ2n) is 11.9. The van der Waals surface area contributed by atoms with E-state index in [1.807, 2.05) is 20.8 Å². The Bertz CT molecular complexity index is 1340. The van der Waals surface area contributed by atoms with Gasteiger partial charge < -0.3 is 45.5 Å². The van der Waals surface area contributed by atoms with E-state index in [9.17, 15) is 38.7 Å². The van der Waals surface area contributed by atoms with Gasteiger partial charge in [0.15, 0.2) is 6.10 Å². The normalized spacial score (nSPS) is 17.3. The molecule has 1 aliphatic heterocycles. The SMILES string of the molecule is C/C=C\C(=O)N(C=O)CCOCCC(=O)NC(C)C(C)C.O=CNCC(=O)Nc1ccc(COC(=O)O)c(CCC2CC(O)CC(C(=O)O)O2)c1. The maximum atomic E-state index is 11.8. The molecule has 1 aliphatic rings. The first-order valence-electron chi connectivity index (χ1n) is 16.5. The van der Waals surface area contributed by atoms with Crippen molar-refractivity contribution in [3.05, 3.63) is 41.5 Å². The Morgan fingerprint density at radius 1 is 1.04 bits per heavy atom. The molecule has 1 saturated heterocycles. The van der Waals surface area contributed by atoms with Crippen LogP contribution in [-0.2, 0) is 56.0 Å². The highest BCUT2D eigenvalue weighted by atomic mass is 16.7. The van der Waals surface area contributed by atoms with Gasteiger partial charge >= 0.3 is 12.1 Å². The van der Waals surface area contributed by atoms with Crippen LogP contribution in [0.2, 0.25) is 0 Å². The Morgan fingerprint density at radius 3 is 2.37 bits per heavy atom. The lowest BCUT2D eigenvalue weighted by Gasteiger charge is -2.31. The second-order valence-corrected chi connectivity index (χ2v) is 11.9. The van der Waals surface area contributed by atoms with Gasteiger partial charge in [-0.2, -0.15) is 0 Å². The van der Waals surface area contributed by atoms with E-state index in [1.165, 1.54) is 6.08 Å². The molecule has 0 radical (unpaired) electrons. The number of aryl methyl sites for hydroxylation is 1. The monoisotopic (exact) mass is 722 g/mol. The molecule has 0 saturated carbocycles. The van der Waals surface area contributed by atoms with Crippen molar-refractivity contribution in [2.75, 3.05) is 31.6 Å². The molecule has 5 amide bonds. The number of allylic oxidation sites excluding steroid dienone is 1. The molecule has 1 aromatic carbocycles. The molecule has 0 spiro atoms. The van der Waals surface area contributed by atoms with Gasteiger partial charge in [-0.05, 0) is 68.4 Å². The van der Waals surface area contributed by atoms with Crippen LogP contribution in [0.4, 0.5) is 10.5 Å². The van der Waals surface area contributed by atoms with Gasteiger partial charge in [-0.15, -0.1) is 0 Å². The minimum atomic E-state index is -1.43. The number of anilines is 1. The van der Waals surface area contributed by atoms with Crippen LogP contribution in [-0.4, -0.2) is 114 Å². The van der Waals surface area contributed by atoms with E-state index in [0.29, 0.717) is 54.8 Å². The zero-order chi connectivity index (χ0) is 38.3. The van der Waals surface area contributed by atoms with Crippen LogP contribution >= 0.6 is 0 Å². The number of imide groups is 1. The summed E-state index contributed by atoms with van der Waals surface area (Å²) in [4.78, 5) is 78.7. The summed E-state index contributed by atoms with van der Waals surface area (Å²) in [6.45, 7) is 8.00. The number of ether oxygens (including phenoxy) is 3. The third-order valence-corrected chi connectivity index (χ3v) is 7.63. The van der Waals surface area contributed by atoms with Gasteiger partial charge in [-0.25, -0.2) is 9.59 Å². The average molecular weight is 723 g/mol. The molecule has 0 bridgehead atoms. The average Bonchev–Trinajstić information content (AvgIpc) is 3.07. The van der Waals surface area contributed by atoms with E-state index >= 15 is 0 Å². The molecule has 4 unspecified atom stereocenters. The number of aliphatic hydroxyl groups excluding tert-OH is 1. The number of nitrogens with zero attached hydrogens (tertiary/aromatic N) is 1. The van der Waals surface area contributed by atoms with Crippen LogP contribution < -0.4 is 16.0 Å². The Morgan fingerprint density at radius 2 is 1.76 bits per heavy atom. The summed E-state index contributed by atoms with van der Waals surface area (Å²) in [6, 6.07) is 4.95. The fraction of sp³-hybridized carbons (Fsp3) is 0.559. The van der Waals surface area contributed by atoms with Crippen molar-refractivity contribution in [1.29, 1.82) is 0 Å². The van der Waals surface area contributed by atoms with Crippen molar-refractivity contribution in [3.8, 4) is 0 Å². The molecule has 1 heterocycles. The third kappa shape index (κ3) is 18.6. The predicted octanol–water partition coefficient (Wildman–Crippen LogP) is 1.61. The van der Waals surface area contributed by atoms with E-state index in [0.717, 1.165) is 4.90 Å². The molecular formula is C34H50N4O13. The Hall–Kier alpha value is -4.87. The standard InChI is InChI=1S/C19H24N2O9.C15H26N2O4/c22-10-20-8-17(24)21-13-3-1-12(9-29-19(27)28)11(5-13)2-4-15-6-14(23)7-16(30-15)18(25)26;1-5-6-15(20)17(11-18)8-10-21-9-7-14(19)16-13(4)12(2)3/h1,3,5,10,14-16,23H,2,4,6-9H2,(H,20,22)(H,21,24)(H,25,26)(H,27,28);5-6,11-13H,7-10H2,1-4H3,(H,16,19)/b;6-5-. The minimum absolute atomic E-state index is 0.0277. The number of benzene rings is 1. The number of aliphatic hydroxyl groups is 1. The summed E-state index contributed by atoms with van der Waals surface area (Å²) in [5.41, 5.74) is 1.69. The highest BCUT2D eigenvalue weighted by Gasteiger charge is 2.32. The molecule has 51 heavy (non-hydrogen) atoms. The first-order valence-corrected chi connectivity index (χ1v) is 16.5. The summed E-state index contributed by atoms with van der Waals surface area (Å²) in [5.74, 6) is -1.63. The molecule has 1 fully saturated rings. The first-order chi connectivity index (χ1) is 24.2. The molecule has 17 nitrogen and oxygen atoms in total. The van der Waals surface area contributed by atoms with Crippen LogP contribution in [0.25, 0.3) is 0 Å². The molecular weight excluding hydrogens is 672 g/mol. The Kier molecular flexibility index (Phi) is 21.0. The van der Waals surface area contributed by atoms with Gasteiger partial charge in [0.05, 0.1) is 38.5 Å². The van der Waals surface area contributed by atoms with Gasteiger partial charge in [0.1, 0.15) is 6.61 Å². The van der Waals surface area contributed by atoms with E-state index in [2.05, 4.69) is 20.7 Å². The Balaban J connectivity index is 0.000000546. The molecule has 0 aliphatic carbocycles. The number of hydrogen-bond acceptors (Lipinski definition) is 11. The lowest BCUT2D eigenvalue weighted by atomic mass is 9.94. The van der Waals surface area contributed by atoms with Gasteiger partial charge in [-0.3, -0.25) is 28.9 Å². The molecule has 1 aromatic rings. The summed E-state index contributed by atoms with van der Waals surface area (Å²) in [6.07, 6.45) is 1.32. The number of carbonyl (C=O) groups is 7. The molecule has 17 heteroatoms. The van der Waals surface area contributed by atoms with Crippen LogP contribution in [0.5, 0.6) is 0 Å². The van der Waals surface area contributed by atoms with E-state index < -0.39 is 36.3 Å². The molecule has 284 valence electrons. The maximum absolute atomic E-state index is 11.8. The number of carboxylic acids is 1. The highest BCUT2D eigenvalue weighted by Crippen LogP contribution is 2.25. The number of carbonyl (C=O) groups excluding carboxylic acids is 5. The number of amides is 5. The highest BCUT2D eigenvalue weighted by molar-refractivity contribution is 5.94. The number of rotatable bonds is 20. The summed E-state index contributed by atoms with van der Waals surface area (Å²) in [7, 11) is 0. The zero-order valence-corrected chi connectivity index (χ0v) is 29.4. The summed E-state index contributed by atoms with van der Waals surface area (Å²) < 4.78 is 15.4. The molecule has 2 rings (SSSR count). The lowest BCUT2D eigenvalue weighted by molar-refractivity contribution is -0.166. The van der Waals surface area contributed by atoms with Crippen molar-refractivity contribution < 1.29 is 63.1 Å². The maximum Gasteiger partial charge on any atom is 0.506 e. The van der Waals surface area contributed by atoms with Gasteiger partial charge in [-0.1, -0.05) is 26.0 Å². The van der Waals surface area contributed by atoms with Crippen molar-refractivity contribution in [2.24, 2.45) is 5.92 Å². The first kappa shape index (κ1) is 44.2. The van der Waals surface area contributed by atoms with E-state index in [1.54, 1.807) is 31.2 Å². The van der Waals surface area contributed by atoms with Crippen LogP contribution in [0, 0.1) is 5.92 Å². The van der Waals surface area contributed by atoms with Crippen molar-refractivity contribution in [3.63, 3.8) is 0 Å². The summed E-state index contributed by atoms with van der Waals surface area (Å²) in [5, 5.41) is 35.5.